The summed E-state index contributed by atoms with van der Waals surface area (Å²) < 4.78 is 34.5. The SMILES string of the molecule is CCCCNC(=O)C(C)N(Cc1ccccc1Cl)C(=O)CN(c1cc(Cl)ccc1OC)S(=O)(=O)c1ccc(C)c([N+](=O)[O-])c1. The van der Waals surface area contributed by atoms with Crippen molar-refractivity contribution in [3.8, 4) is 5.75 Å². The number of carbonyl (C=O) groups is 2. The first kappa shape index (κ1) is 34.6. The van der Waals surface area contributed by atoms with E-state index in [2.05, 4.69) is 5.32 Å². The van der Waals surface area contributed by atoms with Gasteiger partial charge >= 0.3 is 0 Å². The van der Waals surface area contributed by atoms with E-state index in [1.807, 2.05) is 6.92 Å². The number of aryl methyl sites for hydroxylation is 1. The van der Waals surface area contributed by atoms with Gasteiger partial charge in [-0.2, -0.15) is 0 Å². The van der Waals surface area contributed by atoms with Gasteiger partial charge in [-0.1, -0.05) is 60.8 Å². The van der Waals surface area contributed by atoms with Gasteiger partial charge in [0.1, 0.15) is 18.3 Å². The van der Waals surface area contributed by atoms with Gasteiger partial charge in [-0.25, -0.2) is 8.42 Å². The van der Waals surface area contributed by atoms with Crippen molar-refractivity contribution in [1.29, 1.82) is 0 Å². The number of nitro benzene ring substituents is 1. The Bertz CT molecular complexity index is 1640. The Labute approximate surface area is 266 Å². The van der Waals surface area contributed by atoms with Crippen LogP contribution in [0.1, 0.15) is 37.8 Å². The number of halogens is 2. The van der Waals surface area contributed by atoms with E-state index in [-0.39, 0.29) is 28.6 Å². The number of nitrogens with zero attached hydrogens (tertiary/aromatic N) is 3. The summed E-state index contributed by atoms with van der Waals surface area (Å²) >= 11 is 12.6. The molecule has 3 aromatic rings. The van der Waals surface area contributed by atoms with Crippen molar-refractivity contribution in [2.75, 3.05) is 24.5 Å². The molecule has 0 spiro atoms. The summed E-state index contributed by atoms with van der Waals surface area (Å²) in [7, 11) is -3.31. The molecule has 2 amide bonds. The van der Waals surface area contributed by atoms with E-state index in [4.69, 9.17) is 27.9 Å². The Balaban J connectivity index is 2.14. The molecule has 0 radical (unpaired) electrons. The number of nitro groups is 1. The Morgan fingerprint density at radius 2 is 1.80 bits per heavy atom. The van der Waals surface area contributed by atoms with E-state index in [1.54, 1.807) is 24.3 Å². The number of methoxy groups -OCH3 is 1. The highest BCUT2D eigenvalue weighted by Gasteiger charge is 2.35. The lowest BCUT2D eigenvalue weighted by Crippen LogP contribution is -2.51. The van der Waals surface area contributed by atoms with E-state index < -0.39 is 49.9 Å². The number of unbranched alkanes of at least 4 members (excludes halogenated alkanes) is 1. The van der Waals surface area contributed by atoms with Gasteiger partial charge in [-0.3, -0.25) is 24.0 Å². The number of anilines is 1. The second-order valence-electron chi connectivity index (χ2n) is 9.97. The highest BCUT2D eigenvalue weighted by atomic mass is 35.5. The summed E-state index contributed by atoms with van der Waals surface area (Å²) in [6.45, 7) is 4.51. The molecule has 14 heteroatoms. The number of sulfonamides is 1. The first-order valence-corrected chi connectivity index (χ1v) is 15.9. The molecule has 3 rings (SSSR count). The lowest BCUT2D eigenvalue weighted by molar-refractivity contribution is -0.385. The van der Waals surface area contributed by atoms with Crippen molar-refractivity contribution >= 4 is 56.4 Å². The van der Waals surface area contributed by atoms with Crippen LogP contribution in [0.25, 0.3) is 0 Å². The third-order valence-electron chi connectivity index (χ3n) is 6.95. The number of hydrogen-bond acceptors (Lipinski definition) is 7. The van der Waals surface area contributed by atoms with Crippen LogP contribution in [0.4, 0.5) is 11.4 Å². The molecule has 0 aliphatic heterocycles. The van der Waals surface area contributed by atoms with Gasteiger partial charge in [0.2, 0.25) is 11.8 Å². The maximum atomic E-state index is 14.2. The van der Waals surface area contributed by atoms with Crippen molar-refractivity contribution in [2.45, 2.75) is 51.1 Å². The van der Waals surface area contributed by atoms with Gasteiger partial charge in [-0.05, 0) is 56.2 Å². The molecule has 0 aliphatic rings. The van der Waals surface area contributed by atoms with Gasteiger partial charge < -0.3 is 15.0 Å². The minimum absolute atomic E-state index is 0.0747. The number of nitrogens with one attached hydrogen (secondary N) is 1. The van der Waals surface area contributed by atoms with Crippen molar-refractivity contribution < 1.29 is 27.7 Å². The van der Waals surface area contributed by atoms with Gasteiger partial charge in [-0.15, -0.1) is 0 Å². The molecule has 0 saturated carbocycles. The quantitative estimate of drug-likeness (QED) is 0.132. The molecule has 0 saturated heterocycles. The van der Waals surface area contributed by atoms with E-state index in [1.165, 1.54) is 56.2 Å². The lowest BCUT2D eigenvalue weighted by atomic mass is 10.1. The Morgan fingerprint density at radius 1 is 1.09 bits per heavy atom. The maximum Gasteiger partial charge on any atom is 0.273 e. The third-order valence-corrected chi connectivity index (χ3v) is 9.31. The predicted octanol–water partition coefficient (Wildman–Crippen LogP) is 5.75. The van der Waals surface area contributed by atoms with Crippen LogP contribution in [-0.2, 0) is 26.2 Å². The largest absolute Gasteiger partial charge is 0.495 e. The highest BCUT2D eigenvalue weighted by Crippen LogP contribution is 2.36. The molecular formula is C30H34Cl2N4O7S. The van der Waals surface area contributed by atoms with Crippen LogP contribution >= 0.6 is 23.2 Å². The molecule has 0 bridgehead atoms. The summed E-state index contributed by atoms with van der Waals surface area (Å²) in [6, 6.07) is 13.5. The molecule has 3 aromatic carbocycles. The van der Waals surface area contributed by atoms with Crippen molar-refractivity contribution in [3.63, 3.8) is 0 Å². The molecule has 236 valence electrons. The standard InChI is InChI=1S/C30H34Cl2N4O7S/c1-5-6-15-33-30(38)21(3)34(18-22-9-7-8-10-25(22)32)29(37)19-35(27-16-23(31)12-14-28(27)43-4)44(41,42)24-13-11-20(2)26(17-24)36(39)40/h7-14,16-17,21H,5-6,15,18-19H2,1-4H3,(H,33,38). The van der Waals surface area contributed by atoms with Crippen LogP contribution < -0.4 is 14.4 Å². The molecule has 0 heterocycles. The first-order valence-electron chi connectivity index (χ1n) is 13.7. The van der Waals surface area contributed by atoms with Crippen LogP contribution in [0.15, 0.2) is 65.6 Å². The average Bonchev–Trinajstić information content (AvgIpc) is 2.98. The van der Waals surface area contributed by atoms with Crippen molar-refractivity contribution in [3.05, 3.63) is 92.0 Å². The van der Waals surface area contributed by atoms with E-state index in [0.29, 0.717) is 17.1 Å². The number of rotatable bonds is 14. The van der Waals surface area contributed by atoms with Crippen LogP contribution in [0, 0.1) is 17.0 Å². The Hall–Kier alpha value is -3.87. The minimum atomic E-state index is -4.63. The third kappa shape index (κ3) is 8.19. The summed E-state index contributed by atoms with van der Waals surface area (Å²) in [6.07, 6.45) is 1.59. The molecule has 44 heavy (non-hydrogen) atoms. The van der Waals surface area contributed by atoms with Gasteiger partial charge in [0.15, 0.2) is 0 Å². The fraction of sp³-hybridized carbons (Fsp3) is 0.333. The molecule has 0 fully saturated rings. The number of ether oxygens (including phenoxy) is 1. The molecule has 11 nitrogen and oxygen atoms in total. The number of amides is 2. The lowest BCUT2D eigenvalue weighted by Gasteiger charge is -2.32. The van der Waals surface area contributed by atoms with Crippen LogP contribution in [0.5, 0.6) is 5.75 Å². The van der Waals surface area contributed by atoms with Gasteiger partial charge in [0.25, 0.3) is 15.7 Å². The first-order chi connectivity index (χ1) is 20.8. The molecule has 1 N–H and O–H groups in total. The van der Waals surface area contributed by atoms with Gasteiger partial charge in [0.05, 0.1) is 22.6 Å². The fourth-order valence-electron chi connectivity index (χ4n) is 4.37. The molecular weight excluding hydrogens is 631 g/mol. The number of benzene rings is 3. The zero-order chi connectivity index (χ0) is 32.6. The summed E-state index contributed by atoms with van der Waals surface area (Å²) in [5, 5.41) is 15.0. The highest BCUT2D eigenvalue weighted by molar-refractivity contribution is 7.92. The zero-order valence-electron chi connectivity index (χ0n) is 24.7. The summed E-state index contributed by atoms with van der Waals surface area (Å²) in [5.74, 6) is -1.09. The van der Waals surface area contributed by atoms with Crippen LogP contribution in [0.2, 0.25) is 10.0 Å². The number of hydrogen-bond donors (Lipinski definition) is 1. The molecule has 1 atom stereocenters. The smallest absolute Gasteiger partial charge is 0.273 e. The summed E-state index contributed by atoms with van der Waals surface area (Å²) in [5.41, 5.74) is 0.313. The van der Waals surface area contributed by atoms with E-state index in [9.17, 15) is 28.1 Å². The fourth-order valence-corrected chi connectivity index (χ4v) is 6.17. The zero-order valence-corrected chi connectivity index (χ0v) is 27.1. The van der Waals surface area contributed by atoms with E-state index >= 15 is 0 Å². The molecule has 0 aromatic heterocycles. The second kappa shape index (κ2) is 15.2. The maximum absolute atomic E-state index is 14.2. The minimum Gasteiger partial charge on any atom is -0.495 e. The van der Waals surface area contributed by atoms with Gasteiger partial charge in [0, 0.05) is 34.8 Å². The van der Waals surface area contributed by atoms with Crippen molar-refractivity contribution in [1.82, 2.24) is 10.2 Å². The normalized spacial score (nSPS) is 11.9. The average molecular weight is 666 g/mol. The topological polar surface area (TPSA) is 139 Å². The molecule has 1 unspecified atom stereocenters. The van der Waals surface area contributed by atoms with Crippen LogP contribution in [-0.4, -0.2) is 56.3 Å². The monoisotopic (exact) mass is 664 g/mol. The second-order valence-corrected chi connectivity index (χ2v) is 12.7. The van der Waals surface area contributed by atoms with E-state index in [0.717, 1.165) is 23.2 Å². The Kier molecular flexibility index (Phi) is 12.0. The predicted molar refractivity (Wildman–Crippen MR) is 170 cm³/mol. The Morgan fingerprint density at radius 3 is 2.43 bits per heavy atom. The van der Waals surface area contributed by atoms with Crippen molar-refractivity contribution in [2.24, 2.45) is 0 Å². The summed E-state index contributed by atoms with van der Waals surface area (Å²) in [4.78, 5) is 39.0. The van der Waals surface area contributed by atoms with Crippen LogP contribution in [0.3, 0.4) is 0 Å². The number of carbonyl (C=O) groups excluding carboxylic acids is 2. The molecule has 0 aliphatic carbocycles.